The normalized spacial score (nSPS) is 16.7. The van der Waals surface area contributed by atoms with Gasteiger partial charge in [-0.25, -0.2) is 0 Å². The van der Waals surface area contributed by atoms with Crippen LogP contribution in [0, 0.1) is 12.3 Å². The highest BCUT2D eigenvalue weighted by Gasteiger charge is 2.43. The number of benzene rings is 2. The van der Waals surface area contributed by atoms with E-state index in [1.165, 1.54) is 21.9 Å². The molecule has 0 saturated carbocycles. The molecule has 3 rings (SSSR count). The van der Waals surface area contributed by atoms with Crippen molar-refractivity contribution >= 4 is 29.5 Å². The average molecular weight is 480 g/mol. The van der Waals surface area contributed by atoms with Crippen molar-refractivity contribution in [2.24, 2.45) is 5.73 Å². The monoisotopic (exact) mass is 479 g/mol. The minimum atomic E-state index is -1.11. The molecule has 1 aliphatic rings. The topological polar surface area (TPSA) is 157 Å². The number of carboxylic acids is 1. The fourth-order valence-electron chi connectivity index (χ4n) is 4.04. The summed E-state index contributed by atoms with van der Waals surface area (Å²) in [5.74, 6) is -3.31. The number of nitrogens with zero attached hydrogens (tertiary/aromatic N) is 2. The van der Waals surface area contributed by atoms with E-state index in [1.807, 2.05) is 26.0 Å². The van der Waals surface area contributed by atoms with Crippen LogP contribution in [-0.4, -0.2) is 63.7 Å². The molecular weight excluding hydrogens is 450 g/mol. The molecule has 0 aliphatic carbocycles. The number of nitrogens with one attached hydrogen (secondary N) is 2. The number of nitrogens with two attached hydrogens (primary N) is 1. The Hall–Kier alpha value is -4.21. The molecular formula is C25H29N5O5. The first-order valence-electron chi connectivity index (χ1n) is 11.3. The van der Waals surface area contributed by atoms with E-state index in [1.54, 1.807) is 24.3 Å². The predicted molar refractivity (Wildman–Crippen MR) is 129 cm³/mol. The maximum absolute atomic E-state index is 13.1. The Kier molecular flexibility index (Phi) is 7.85. The van der Waals surface area contributed by atoms with Crippen molar-refractivity contribution in [1.82, 2.24) is 15.1 Å². The average Bonchev–Trinajstić information content (AvgIpc) is 2.82. The van der Waals surface area contributed by atoms with Crippen LogP contribution in [0.1, 0.15) is 52.9 Å². The van der Waals surface area contributed by atoms with Crippen LogP contribution in [-0.2, 0) is 14.4 Å². The van der Waals surface area contributed by atoms with E-state index >= 15 is 0 Å². The molecule has 2 unspecified atom stereocenters. The molecule has 3 amide bonds. The molecule has 10 heteroatoms. The lowest BCUT2D eigenvalue weighted by molar-refractivity contribution is -0.162. The zero-order chi connectivity index (χ0) is 25.7. The summed E-state index contributed by atoms with van der Waals surface area (Å²) in [5, 5.41) is 19.8. The van der Waals surface area contributed by atoms with Crippen LogP contribution in [0.4, 0.5) is 0 Å². The maximum atomic E-state index is 13.1. The number of aliphatic carboxylic acids is 1. The van der Waals surface area contributed by atoms with Gasteiger partial charge in [0.15, 0.2) is 0 Å². The van der Waals surface area contributed by atoms with Gasteiger partial charge in [0.25, 0.3) is 5.91 Å². The molecule has 0 spiro atoms. The van der Waals surface area contributed by atoms with Gasteiger partial charge in [-0.15, -0.1) is 0 Å². The number of carboxylic acid groups (broad SMARTS) is 1. The van der Waals surface area contributed by atoms with E-state index < -0.39 is 35.9 Å². The zero-order valence-electron chi connectivity index (χ0n) is 19.7. The summed E-state index contributed by atoms with van der Waals surface area (Å²) in [6, 6.07) is 12.4. The summed E-state index contributed by atoms with van der Waals surface area (Å²) >= 11 is 0. The van der Waals surface area contributed by atoms with Gasteiger partial charge in [0.05, 0.1) is 19.0 Å². The quantitative estimate of drug-likeness (QED) is 0.243. The molecule has 0 bridgehead atoms. The molecule has 0 radical (unpaired) electrons. The third-order valence-electron chi connectivity index (χ3n) is 5.88. The lowest BCUT2D eigenvalue weighted by atomic mass is 9.99. The number of nitrogen functional groups attached to an aromatic ring is 1. The third-order valence-corrected chi connectivity index (χ3v) is 5.88. The molecule has 1 saturated heterocycles. The molecule has 1 aliphatic heterocycles. The van der Waals surface area contributed by atoms with Crippen LogP contribution in [0.15, 0.2) is 48.5 Å². The van der Waals surface area contributed by atoms with Crippen molar-refractivity contribution in [3.8, 4) is 0 Å². The van der Waals surface area contributed by atoms with Gasteiger partial charge in [-0.1, -0.05) is 48.9 Å². The molecule has 2 atom stereocenters. The lowest BCUT2D eigenvalue weighted by Gasteiger charge is -2.43. The Bertz CT molecular complexity index is 1130. The number of rotatable bonds is 9. The van der Waals surface area contributed by atoms with Crippen LogP contribution in [0.2, 0.25) is 0 Å². The van der Waals surface area contributed by atoms with Crippen LogP contribution in [0.5, 0.6) is 0 Å². The lowest BCUT2D eigenvalue weighted by Crippen LogP contribution is -2.65. The first-order chi connectivity index (χ1) is 16.6. The van der Waals surface area contributed by atoms with E-state index in [9.17, 15) is 24.3 Å². The van der Waals surface area contributed by atoms with Crippen molar-refractivity contribution in [3.63, 3.8) is 0 Å². The smallest absolute Gasteiger partial charge is 0.313 e. The fraction of sp³-hybridized carbons (Fsp3) is 0.320. The second kappa shape index (κ2) is 10.8. The Morgan fingerprint density at radius 3 is 2.23 bits per heavy atom. The first kappa shape index (κ1) is 25.4. The molecule has 5 N–H and O–H groups in total. The molecule has 2 aromatic rings. The largest absolute Gasteiger partial charge is 0.481 e. The van der Waals surface area contributed by atoms with Crippen molar-refractivity contribution < 1.29 is 24.3 Å². The van der Waals surface area contributed by atoms with Gasteiger partial charge in [0, 0.05) is 17.7 Å². The van der Waals surface area contributed by atoms with E-state index in [0.29, 0.717) is 23.1 Å². The number of hydrogen-bond acceptors (Lipinski definition) is 5. The summed E-state index contributed by atoms with van der Waals surface area (Å²) in [4.78, 5) is 53.3. The van der Waals surface area contributed by atoms with Crippen molar-refractivity contribution in [3.05, 3.63) is 70.8 Å². The van der Waals surface area contributed by atoms with Gasteiger partial charge in [0.2, 0.25) is 0 Å². The molecule has 1 heterocycles. The number of carbonyl (C=O) groups is 4. The molecule has 184 valence electrons. The molecule has 0 aromatic heterocycles. The number of carbonyl (C=O) groups excluding carboxylic acids is 3. The number of hydrogen-bond donors (Lipinski definition) is 4. The highest BCUT2D eigenvalue weighted by Crippen LogP contribution is 2.28. The SMILES string of the molecule is CCCN1C(=O)C(=O)N(C(CC(=O)O)c2ccc(C)cc2)CC1NC(=O)c1ccc(C(=N)N)cc1. The van der Waals surface area contributed by atoms with Crippen LogP contribution in [0.3, 0.4) is 0 Å². The Morgan fingerprint density at radius 2 is 1.69 bits per heavy atom. The van der Waals surface area contributed by atoms with Gasteiger partial charge in [0.1, 0.15) is 12.0 Å². The standard InChI is InChI=1S/C25H29N5O5/c1-3-12-29-20(28-23(33)18-10-8-17(9-11-18)22(26)27)14-30(25(35)24(29)34)19(13-21(31)32)16-6-4-15(2)5-7-16/h4-11,19-20H,3,12-14H2,1-2H3,(H3,26,27)(H,28,33)(H,31,32). The van der Waals surface area contributed by atoms with Crippen LogP contribution < -0.4 is 11.1 Å². The summed E-state index contributed by atoms with van der Waals surface area (Å²) in [7, 11) is 0. The third kappa shape index (κ3) is 5.84. The van der Waals surface area contributed by atoms with Gasteiger partial charge in [-0.05, 0) is 31.0 Å². The summed E-state index contributed by atoms with van der Waals surface area (Å²) < 4.78 is 0. The number of piperazine rings is 1. The second-order valence-corrected chi connectivity index (χ2v) is 8.46. The van der Waals surface area contributed by atoms with E-state index in [-0.39, 0.29) is 25.3 Å². The first-order valence-corrected chi connectivity index (χ1v) is 11.3. The summed E-state index contributed by atoms with van der Waals surface area (Å²) in [5.41, 5.74) is 7.79. The van der Waals surface area contributed by atoms with Gasteiger partial charge >= 0.3 is 17.8 Å². The van der Waals surface area contributed by atoms with Gasteiger partial charge in [-0.2, -0.15) is 0 Å². The van der Waals surface area contributed by atoms with Crippen molar-refractivity contribution in [1.29, 1.82) is 5.41 Å². The zero-order valence-corrected chi connectivity index (χ0v) is 19.7. The van der Waals surface area contributed by atoms with Gasteiger partial charge < -0.3 is 26.0 Å². The van der Waals surface area contributed by atoms with E-state index in [4.69, 9.17) is 11.1 Å². The fourth-order valence-corrected chi connectivity index (χ4v) is 4.04. The molecule has 35 heavy (non-hydrogen) atoms. The van der Waals surface area contributed by atoms with E-state index in [2.05, 4.69) is 5.32 Å². The number of aryl methyl sites for hydroxylation is 1. The number of amidine groups is 1. The highest BCUT2D eigenvalue weighted by atomic mass is 16.4. The van der Waals surface area contributed by atoms with Crippen molar-refractivity contribution in [2.75, 3.05) is 13.1 Å². The number of amides is 3. The highest BCUT2D eigenvalue weighted by molar-refractivity contribution is 6.35. The predicted octanol–water partition coefficient (Wildman–Crippen LogP) is 1.63. The van der Waals surface area contributed by atoms with Gasteiger partial charge in [-0.3, -0.25) is 24.6 Å². The van der Waals surface area contributed by atoms with Crippen LogP contribution >= 0.6 is 0 Å². The Labute approximate surface area is 203 Å². The molecule has 2 aromatic carbocycles. The van der Waals surface area contributed by atoms with Crippen molar-refractivity contribution in [2.45, 2.75) is 38.9 Å². The Morgan fingerprint density at radius 1 is 1.09 bits per heavy atom. The van der Waals surface area contributed by atoms with Crippen LogP contribution in [0.25, 0.3) is 0 Å². The molecule has 10 nitrogen and oxygen atoms in total. The second-order valence-electron chi connectivity index (χ2n) is 8.46. The summed E-state index contributed by atoms with van der Waals surface area (Å²) in [6.45, 7) is 3.93. The molecule has 1 fully saturated rings. The maximum Gasteiger partial charge on any atom is 0.313 e. The minimum Gasteiger partial charge on any atom is -0.481 e. The minimum absolute atomic E-state index is 0.0618. The Balaban J connectivity index is 1.91. The van der Waals surface area contributed by atoms with E-state index in [0.717, 1.165) is 5.56 Å². The summed E-state index contributed by atoms with van der Waals surface area (Å²) in [6.07, 6.45) is -0.667.